The molecule has 0 spiro atoms. The summed E-state index contributed by atoms with van der Waals surface area (Å²) in [5, 5.41) is 12.7. The van der Waals surface area contributed by atoms with E-state index in [1.165, 1.54) is 4.88 Å². The maximum absolute atomic E-state index is 9.26. The number of hydrogen-bond donors (Lipinski definition) is 2. The summed E-state index contributed by atoms with van der Waals surface area (Å²) in [4.78, 5) is 1.22. The van der Waals surface area contributed by atoms with Crippen molar-refractivity contribution in [2.45, 2.75) is 25.4 Å². The van der Waals surface area contributed by atoms with E-state index in [4.69, 9.17) is 11.6 Å². The topological polar surface area (TPSA) is 32.3 Å². The Morgan fingerprint density at radius 1 is 1.56 bits per heavy atom. The van der Waals surface area contributed by atoms with E-state index in [9.17, 15) is 5.11 Å². The first-order valence-corrected chi connectivity index (χ1v) is 7.87. The molecule has 1 aromatic heterocycles. The van der Waals surface area contributed by atoms with Crippen LogP contribution in [-0.2, 0) is 0 Å². The van der Waals surface area contributed by atoms with Crippen LogP contribution in [0.5, 0.6) is 0 Å². The van der Waals surface area contributed by atoms with E-state index < -0.39 is 0 Å². The second-order valence-electron chi connectivity index (χ2n) is 3.69. The van der Waals surface area contributed by atoms with Crippen LogP contribution >= 0.6 is 34.7 Å². The second kappa shape index (κ2) is 7.56. The molecule has 1 rings (SSSR count). The van der Waals surface area contributed by atoms with Crippen LogP contribution in [-0.4, -0.2) is 29.8 Å². The minimum Gasteiger partial charge on any atom is -0.395 e. The molecule has 0 aliphatic rings. The van der Waals surface area contributed by atoms with Crippen LogP contribution in [0.25, 0.3) is 0 Å². The third-order valence-corrected chi connectivity index (χ3v) is 4.46. The highest BCUT2D eigenvalue weighted by Crippen LogP contribution is 2.27. The number of rotatable bonds is 7. The van der Waals surface area contributed by atoms with Crippen molar-refractivity contribution in [3.8, 4) is 0 Å². The first kappa shape index (κ1) is 14.3. The summed E-state index contributed by atoms with van der Waals surface area (Å²) in [6.45, 7) is 2.29. The van der Waals surface area contributed by atoms with Gasteiger partial charge in [-0.05, 0) is 37.5 Å². The van der Waals surface area contributed by atoms with Crippen molar-refractivity contribution in [2.75, 3.05) is 18.6 Å². The molecular formula is C11H18ClNOS2. The summed E-state index contributed by atoms with van der Waals surface area (Å²) < 4.78 is 0.813. The lowest BCUT2D eigenvalue weighted by molar-refractivity contribution is 0.231. The molecule has 0 saturated carbocycles. The van der Waals surface area contributed by atoms with E-state index in [-0.39, 0.29) is 18.7 Å². The summed E-state index contributed by atoms with van der Waals surface area (Å²) in [6.07, 6.45) is 3.07. The first-order valence-electron chi connectivity index (χ1n) is 5.28. The fourth-order valence-corrected chi connectivity index (χ4v) is 3.08. The monoisotopic (exact) mass is 279 g/mol. The van der Waals surface area contributed by atoms with Gasteiger partial charge in [-0.3, -0.25) is 0 Å². The van der Waals surface area contributed by atoms with Crippen molar-refractivity contribution in [1.82, 2.24) is 5.32 Å². The summed E-state index contributed by atoms with van der Waals surface area (Å²) in [5.41, 5.74) is 0. The van der Waals surface area contributed by atoms with Gasteiger partial charge >= 0.3 is 0 Å². The molecule has 0 amide bonds. The molecule has 0 aliphatic heterocycles. The Kier molecular flexibility index (Phi) is 6.77. The molecule has 0 radical (unpaired) electrons. The smallest absolute Gasteiger partial charge is 0.0931 e. The number of nitrogens with one attached hydrogen (secondary N) is 1. The highest BCUT2D eigenvalue weighted by Gasteiger charge is 2.13. The zero-order valence-corrected chi connectivity index (χ0v) is 12.0. The van der Waals surface area contributed by atoms with E-state index in [0.717, 1.165) is 16.5 Å². The van der Waals surface area contributed by atoms with Crippen molar-refractivity contribution in [1.29, 1.82) is 0 Å². The van der Waals surface area contributed by atoms with Crippen molar-refractivity contribution < 1.29 is 5.11 Å². The van der Waals surface area contributed by atoms with Gasteiger partial charge in [0.15, 0.2) is 0 Å². The molecule has 1 aromatic rings. The van der Waals surface area contributed by atoms with Crippen molar-refractivity contribution >= 4 is 34.7 Å². The molecule has 92 valence electrons. The molecule has 2 atom stereocenters. The SMILES string of the molecule is CSCCC(CO)NC(C)c1ccc(Cl)s1. The van der Waals surface area contributed by atoms with Crippen LogP contribution in [0.3, 0.4) is 0 Å². The fourth-order valence-electron chi connectivity index (χ4n) is 1.48. The molecule has 2 nitrogen and oxygen atoms in total. The summed E-state index contributed by atoms with van der Waals surface area (Å²) >= 11 is 9.29. The molecule has 2 unspecified atom stereocenters. The third kappa shape index (κ3) is 4.63. The van der Waals surface area contributed by atoms with Gasteiger partial charge in [0.1, 0.15) is 0 Å². The lowest BCUT2D eigenvalue weighted by Crippen LogP contribution is -2.34. The van der Waals surface area contributed by atoms with E-state index in [1.807, 2.05) is 12.1 Å². The van der Waals surface area contributed by atoms with E-state index in [2.05, 4.69) is 18.5 Å². The molecule has 1 heterocycles. The predicted octanol–water partition coefficient (Wildman–Crippen LogP) is 3.17. The largest absolute Gasteiger partial charge is 0.395 e. The van der Waals surface area contributed by atoms with E-state index >= 15 is 0 Å². The van der Waals surface area contributed by atoms with Gasteiger partial charge in [-0.1, -0.05) is 11.6 Å². The molecule has 16 heavy (non-hydrogen) atoms. The Bertz CT molecular complexity index is 306. The maximum atomic E-state index is 9.26. The average Bonchev–Trinajstić information content (AvgIpc) is 2.70. The van der Waals surface area contributed by atoms with Crippen LogP contribution in [0.4, 0.5) is 0 Å². The number of aliphatic hydroxyl groups is 1. The summed E-state index contributed by atoms with van der Waals surface area (Å²) in [7, 11) is 0. The van der Waals surface area contributed by atoms with Crippen LogP contribution in [0, 0.1) is 0 Å². The molecule has 0 saturated heterocycles. The fraction of sp³-hybridized carbons (Fsp3) is 0.636. The maximum Gasteiger partial charge on any atom is 0.0931 e. The summed E-state index contributed by atoms with van der Waals surface area (Å²) in [5.74, 6) is 1.07. The molecule has 0 bridgehead atoms. The zero-order chi connectivity index (χ0) is 12.0. The van der Waals surface area contributed by atoms with Crippen molar-refractivity contribution in [3.05, 3.63) is 21.3 Å². The minimum absolute atomic E-state index is 0.170. The quantitative estimate of drug-likeness (QED) is 0.804. The molecule has 0 aliphatic carbocycles. The highest BCUT2D eigenvalue weighted by atomic mass is 35.5. The van der Waals surface area contributed by atoms with Crippen molar-refractivity contribution in [2.24, 2.45) is 0 Å². The predicted molar refractivity (Wildman–Crippen MR) is 74.8 cm³/mol. The molecule has 0 fully saturated rings. The van der Waals surface area contributed by atoms with E-state index in [1.54, 1.807) is 23.1 Å². The van der Waals surface area contributed by atoms with Crippen molar-refractivity contribution in [3.63, 3.8) is 0 Å². The Morgan fingerprint density at radius 3 is 2.81 bits per heavy atom. The van der Waals surface area contributed by atoms with Gasteiger partial charge in [0, 0.05) is 17.0 Å². The van der Waals surface area contributed by atoms with Gasteiger partial charge in [0.2, 0.25) is 0 Å². The number of thioether (sulfide) groups is 1. The summed E-state index contributed by atoms with van der Waals surface area (Å²) in [6, 6.07) is 4.36. The lowest BCUT2D eigenvalue weighted by Gasteiger charge is -2.20. The Morgan fingerprint density at radius 2 is 2.31 bits per heavy atom. The van der Waals surface area contributed by atoms with Gasteiger partial charge < -0.3 is 10.4 Å². The number of aliphatic hydroxyl groups excluding tert-OH is 1. The molecule has 2 N–H and O–H groups in total. The first-order chi connectivity index (χ1) is 7.67. The van der Waals surface area contributed by atoms with Crippen LogP contribution < -0.4 is 5.32 Å². The standard InChI is InChI=1S/C11H18ClNOS2/c1-8(10-3-4-11(12)16-10)13-9(7-14)5-6-15-2/h3-4,8-9,13-14H,5-7H2,1-2H3. The van der Waals surface area contributed by atoms with Gasteiger partial charge in [-0.2, -0.15) is 11.8 Å². The van der Waals surface area contributed by atoms with Gasteiger partial charge in [0.25, 0.3) is 0 Å². The molecule has 5 heteroatoms. The van der Waals surface area contributed by atoms with E-state index in [0.29, 0.717) is 0 Å². The molecule has 0 aromatic carbocycles. The van der Waals surface area contributed by atoms with Crippen LogP contribution in [0.1, 0.15) is 24.3 Å². The Hall–Kier alpha value is 0.260. The van der Waals surface area contributed by atoms with Gasteiger partial charge in [0.05, 0.1) is 10.9 Å². The highest BCUT2D eigenvalue weighted by molar-refractivity contribution is 7.98. The second-order valence-corrected chi connectivity index (χ2v) is 6.42. The number of halogens is 1. The Balaban J connectivity index is 2.45. The third-order valence-electron chi connectivity index (χ3n) is 2.40. The van der Waals surface area contributed by atoms with Crippen LogP contribution in [0.15, 0.2) is 12.1 Å². The van der Waals surface area contributed by atoms with Crippen LogP contribution in [0.2, 0.25) is 4.34 Å². The number of hydrogen-bond acceptors (Lipinski definition) is 4. The van der Waals surface area contributed by atoms with Gasteiger partial charge in [-0.15, -0.1) is 11.3 Å². The molecular weight excluding hydrogens is 262 g/mol. The zero-order valence-electron chi connectivity index (χ0n) is 9.57. The normalized spacial score (nSPS) is 15.0. The number of thiophene rings is 1. The lowest BCUT2D eigenvalue weighted by atomic mass is 10.2. The van der Waals surface area contributed by atoms with Gasteiger partial charge in [-0.25, -0.2) is 0 Å². The minimum atomic E-state index is 0.170. The Labute approximate surface area is 110 Å². The average molecular weight is 280 g/mol.